The van der Waals surface area contributed by atoms with Gasteiger partial charge in [-0.25, -0.2) is 0 Å². The molecule has 0 aliphatic carbocycles. The molecular weight excluding hydrogens is 380 g/mol. The molecule has 0 saturated heterocycles. The van der Waals surface area contributed by atoms with E-state index in [-0.39, 0.29) is 0 Å². The van der Waals surface area contributed by atoms with Crippen LogP contribution in [-0.4, -0.2) is 11.8 Å². The Bertz CT molecular complexity index is 730. The number of anilines is 2. The third-order valence-corrected chi connectivity index (χ3v) is 4.30. The number of carbonyl (C=O) groups is 2. The topological polar surface area (TPSA) is 58.2 Å². The normalized spacial score (nSPS) is 11.0. The van der Waals surface area contributed by atoms with Crippen LogP contribution in [0.15, 0.2) is 53.0 Å². The van der Waals surface area contributed by atoms with Crippen molar-refractivity contribution in [1.29, 1.82) is 0 Å². The van der Waals surface area contributed by atoms with E-state index in [0.717, 1.165) is 4.47 Å². The Morgan fingerprint density at radius 1 is 0.957 bits per heavy atom. The van der Waals surface area contributed by atoms with Crippen LogP contribution in [0.2, 0.25) is 5.02 Å². The van der Waals surface area contributed by atoms with Crippen molar-refractivity contribution in [3.63, 3.8) is 0 Å². The summed E-state index contributed by atoms with van der Waals surface area (Å²) >= 11 is 9.17. The first-order valence-corrected chi connectivity index (χ1v) is 8.11. The standard InChI is InChI=1S/C17H16BrClN2O2/c1-17(2,15(22)20-12-9-7-11(19)8-10-12)16(23)21-14-6-4-3-5-13(14)18/h3-10H,1-2H3,(H,20,22)(H,21,23). The first-order valence-electron chi connectivity index (χ1n) is 6.93. The maximum atomic E-state index is 12.5. The van der Waals surface area contributed by atoms with Crippen molar-refractivity contribution in [3.8, 4) is 0 Å². The third kappa shape index (κ3) is 4.33. The van der Waals surface area contributed by atoms with Gasteiger partial charge in [-0.1, -0.05) is 23.7 Å². The molecule has 6 heteroatoms. The second-order valence-corrected chi connectivity index (χ2v) is 6.81. The first kappa shape index (κ1) is 17.5. The predicted molar refractivity (Wildman–Crippen MR) is 96.6 cm³/mol. The van der Waals surface area contributed by atoms with Crippen molar-refractivity contribution in [3.05, 3.63) is 58.0 Å². The molecule has 0 heterocycles. The lowest BCUT2D eigenvalue weighted by Crippen LogP contribution is -2.41. The number of para-hydroxylation sites is 1. The number of benzene rings is 2. The van der Waals surface area contributed by atoms with Crippen LogP contribution in [0, 0.1) is 5.41 Å². The zero-order valence-electron chi connectivity index (χ0n) is 12.7. The summed E-state index contributed by atoms with van der Waals surface area (Å²) in [6, 6.07) is 13.9. The minimum absolute atomic E-state index is 0.393. The molecule has 0 aliphatic heterocycles. The number of hydrogen-bond acceptors (Lipinski definition) is 2. The smallest absolute Gasteiger partial charge is 0.239 e. The van der Waals surface area contributed by atoms with Crippen LogP contribution in [-0.2, 0) is 9.59 Å². The molecule has 2 aromatic carbocycles. The molecule has 4 nitrogen and oxygen atoms in total. The van der Waals surface area contributed by atoms with Crippen LogP contribution in [0.25, 0.3) is 0 Å². The summed E-state index contributed by atoms with van der Waals surface area (Å²) in [5.41, 5.74) is -0.0411. The van der Waals surface area contributed by atoms with E-state index in [0.29, 0.717) is 16.4 Å². The summed E-state index contributed by atoms with van der Waals surface area (Å²) in [4.78, 5) is 24.9. The highest BCUT2D eigenvalue weighted by Gasteiger charge is 2.36. The molecule has 2 rings (SSSR count). The largest absolute Gasteiger partial charge is 0.325 e. The van der Waals surface area contributed by atoms with Gasteiger partial charge in [0.1, 0.15) is 5.41 Å². The molecule has 0 unspecified atom stereocenters. The summed E-state index contributed by atoms with van der Waals surface area (Å²) < 4.78 is 0.752. The summed E-state index contributed by atoms with van der Waals surface area (Å²) in [5, 5.41) is 6.06. The zero-order valence-corrected chi connectivity index (χ0v) is 15.0. The van der Waals surface area contributed by atoms with Crippen LogP contribution in [0.5, 0.6) is 0 Å². The maximum Gasteiger partial charge on any atom is 0.239 e. The number of hydrogen-bond donors (Lipinski definition) is 2. The van der Waals surface area contributed by atoms with E-state index in [1.165, 1.54) is 0 Å². The Balaban J connectivity index is 2.10. The quantitative estimate of drug-likeness (QED) is 0.737. The highest BCUT2D eigenvalue weighted by atomic mass is 79.9. The maximum absolute atomic E-state index is 12.5. The van der Waals surface area contributed by atoms with Gasteiger partial charge in [-0.15, -0.1) is 0 Å². The molecule has 2 amide bonds. The number of amides is 2. The van der Waals surface area contributed by atoms with E-state index in [1.54, 1.807) is 50.2 Å². The van der Waals surface area contributed by atoms with E-state index < -0.39 is 17.2 Å². The minimum Gasteiger partial charge on any atom is -0.325 e. The lowest BCUT2D eigenvalue weighted by atomic mass is 9.90. The van der Waals surface area contributed by atoms with Gasteiger partial charge in [0, 0.05) is 15.2 Å². The van der Waals surface area contributed by atoms with E-state index in [1.807, 2.05) is 12.1 Å². The minimum atomic E-state index is -1.24. The fourth-order valence-corrected chi connectivity index (χ4v) is 2.27. The molecule has 120 valence electrons. The highest BCUT2D eigenvalue weighted by molar-refractivity contribution is 9.10. The number of carbonyl (C=O) groups excluding carboxylic acids is 2. The summed E-state index contributed by atoms with van der Waals surface area (Å²) in [6.07, 6.45) is 0. The third-order valence-electron chi connectivity index (χ3n) is 3.36. The van der Waals surface area contributed by atoms with Crippen molar-refractivity contribution in [2.24, 2.45) is 5.41 Å². The van der Waals surface area contributed by atoms with Crippen molar-refractivity contribution in [2.45, 2.75) is 13.8 Å². The lowest BCUT2D eigenvalue weighted by molar-refractivity contribution is -0.135. The van der Waals surface area contributed by atoms with Gasteiger partial charge in [0.05, 0.1) is 5.69 Å². The van der Waals surface area contributed by atoms with Crippen LogP contribution >= 0.6 is 27.5 Å². The van der Waals surface area contributed by atoms with E-state index >= 15 is 0 Å². The zero-order chi connectivity index (χ0) is 17.0. The molecule has 0 aliphatic rings. The molecule has 23 heavy (non-hydrogen) atoms. The van der Waals surface area contributed by atoms with Gasteiger partial charge in [-0.3, -0.25) is 9.59 Å². The molecule has 0 aromatic heterocycles. The second kappa shape index (κ2) is 7.15. The Kier molecular flexibility index (Phi) is 5.44. The molecular formula is C17H16BrClN2O2. The van der Waals surface area contributed by atoms with E-state index in [4.69, 9.17) is 11.6 Å². The van der Waals surface area contributed by atoms with E-state index in [2.05, 4.69) is 26.6 Å². The van der Waals surface area contributed by atoms with Gasteiger partial charge in [0.15, 0.2) is 0 Å². The van der Waals surface area contributed by atoms with Gasteiger partial charge in [0.25, 0.3) is 0 Å². The molecule has 0 bridgehead atoms. The molecule has 0 saturated carbocycles. The molecule has 0 fully saturated rings. The fourth-order valence-electron chi connectivity index (χ4n) is 1.76. The van der Waals surface area contributed by atoms with Crippen LogP contribution < -0.4 is 10.6 Å². The first-order chi connectivity index (χ1) is 10.8. The lowest BCUT2D eigenvalue weighted by Gasteiger charge is -2.23. The van der Waals surface area contributed by atoms with E-state index in [9.17, 15) is 9.59 Å². The van der Waals surface area contributed by atoms with Crippen molar-refractivity contribution < 1.29 is 9.59 Å². The molecule has 2 aromatic rings. The number of rotatable bonds is 4. The molecule has 0 atom stereocenters. The summed E-state index contributed by atoms with van der Waals surface area (Å²) in [5.74, 6) is -0.791. The fraction of sp³-hybridized carbons (Fsp3) is 0.176. The van der Waals surface area contributed by atoms with Crippen LogP contribution in [0.4, 0.5) is 11.4 Å². The predicted octanol–water partition coefficient (Wildman–Crippen LogP) is 4.71. The average molecular weight is 396 g/mol. The van der Waals surface area contributed by atoms with Gasteiger partial charge in [-0.05, 0) is 66.2 Å². The Labute approximate surface area is 148 Å². The average Bonchev–Trinajstić information content (AvgIpc) is 2.51. The van der Waals surface area contributed by atoms with Gasteiger partial charge in [0.2, 0.25) is 11.8 Å². The molecule has 0 spiro atoms. The highest BCUT2D eigenvalue weighted by Crippen LogP contribution is 2.26. The SMILES string of the molecule is CC(C)(C(=O)Nc1ccc(Cl)cc1)C(=O)Nc1ccccc1Br. The second-order valence-electron chi connectivity index (χ2n) is 5.52. The Morgan fingerprint density at radius 2 is 1.52 bits per heavy atom. The summed E-state index contributed by atoms with van der Waals surface area (Å²) in [6.45, 7) is 3.15. The van der Waals surface area contributed by atoms with Crippen LogP contribution in [0.1, 0.15) is 13.8 Å². The Morgan fingerprint density at radius 3 is 2.13 bits per heavy atom. The molecule has 2 N–H and O–H groups in total. The Hall–Kier alpha value is -1.85. The van der Waals surface area contributed by atoms with Crippen molar-refractivity contribution in [1.82, 2.24) is 0 Å². The summed E-state index contributed by atoms with van der Waals surface area (Å²) in [7, 11) is 0. The monoisotopic (exact) mass is 394 g/mol. The molecule has 0 radical (unpaired) electrons. The van der Waals surface area contributed by atoms with Gasteiger partial charge >= 0.3 is 0 Å². The van der Waals surface area contributed by atoms with Crippen molar-refractivity contribution >= 4 is 50.7 Å². The van der Waals surface area contributed by atoms with Gasteiger partial charge in [-0.2, -0.15) is 0 Å². The number of nitrogens with one attached hydrogen (secondary N) is 2. The van der Waals surface area contributed by atoms with Crippen LogP contribution in [0.3, 0.4) is 0 Å². The number of halogens is 2. The van der Waals surface area contributed by atoms with Crippen molar-refractivity contribution in [2.75, 3.05) is 10.6 Å². The van der Waals surface area contributed by atoms with Gasteiger partial charge < -0.3 is 10.6 Å².